The summed E-state index contributed by atoms with van der Waals surface area (Å²) in [5.41, 5.74) is 3.17. The number of anilines is 1. The molecule has 0 fully saturated rings. The van der Waals surface area contributed by atoms with E-state index in [1.165, 1.54) is 10.6 Å². The molecule has 0 saturated heterocycles. The molecule has 136 valence electrons. The van der Waals surface area contributed by atoms with Crippen molar-refractivity contribution in [3.8, 4) is 0 Å². The molecule has 2 aromatic rings. The van der Waals surface area contributed by atoms with Crippen LogP contribution >= 0.6 is 0 Å². The smallest absolute Gasteiger partial charge is 0.254 e. The van der Waals surface area contributed by atoms with Crippen LogP contribution in [0.3, 0.4) is 0 Å². The number of carbonyl (C=O) groups excluding carboxylic acids is 1. The summed E-state index contributed by atoms with van der Waals surface area (Å²) >= 11 is 0. The molecule has 1 heterocycles. The van der Waals surface area contributed by atoms with E-state index in [1.807, 2.05) is 36.4 Å². The van der Waals surface area contributed by atoms with Gasteiger partial charge in [0.05, 0.1) is 11.9 Å². The molecule has 0 atom stereocenters. The molecule has 3 rings (SSSR count). The molecular weight excluding hydrogens is 348 g/mol. The molecule has 0 unspecified atom stereocenters. The lowest BCUT2D eigenvalue weighted by Crippen LogP contribution is -2.30. The second-order valence-electron chi connectivity index (χ2n) is 6.39. The van der Waals surface area contributed by atoms with E-state index in [-0.39, 0.29) is 5.91 Å². The Kier molecular flexibility index (Phi) is 5.13. The minimum absolute atomic E-state index is 0.0886. The van der Waals surface area contributed by atoms with Gasteiger partial charge < -0.3 is 4.90 Å². The van der Waals surface area contributed by atoms with Gasteiger partial charge in [0.1, 0.15) is 0 Å². The van der Waals surface area contributed by atoms with Gasteiger partial charge in [-0.05, 0) is 35.7 Å². The van der Waals surface area contributed by atoms with Crippen LogP contribution in [-0.4, -0.2) is 38.6 Å². The molecular formula is C20H22N2O3S. The topological polar surface area (TPSA) is 57.7 Å². The Balaban J connectivity index is 1.85. The van der Waals surface area contributed by atoms with E-state index >= 15 is 0 Å². The van der Waals surface area contributed by atoms with Gasteiger partial charge in [0.15, 0.2) is 0 Å². The summed E-state index contributed by atoms with van der Waals surface area (Å²) in [7, 11) is -3.29. The third-order valence-corrected chi connectivity index (χ3v) is 5.61. The Morgan fingerprint density at radius 1 is 1.23 bits per heavy atom. The first-order valence-corrected chi connectivity index (χ1v) is 10.3. The largest absolute Gasteiger partial charge is 0.331 e. The maximum atomic E-state index is 13.0. The van der Waals surface area contributed by atoms with Crippen molar-refractivity contribution in [3.63, 3.8) is 0 Å². The maximum Gasteiger partial charge on any atom is 0.254 e. The van der Waals surface area contributed by atoms with E-state index in [0.29, 0.717) is 37.3 Å². The van der Waals surface area contributed by atoms with E-state index in [0.717, 1.165) is 11.1 Å². The van der Waals surface area contributed by atoms with Crippen LogP contribution in [0.2, 0.25) is 0 Å². The van der Waals surface area contributed by atoms with Crippen molar-refractivity contribution in [1.82, 2.24) is 4.90 Å². The summed E-state index contributed by atoms with van der Waals surface area (Å²) in [5, 5.41) is 0. The van der Waals surface area contributed by atoms with Crippen LogP contribution in [0.25, 0.3) is 0 Å². The van der Waals surface area contributed by atoms with Crippen molar-refractivity contribution in [3.05, 3.63) is 77.9 Å². The fourth-order valence-corrected chi connectivity index (χ4v) is 4.17. The predicted octanol–water partition coefficient (Wildman–Crippen LogP) is 2.84. The Morgan fingerprint density at radius 3 is 2.62 bits per heavy atom. The first kappa shape index (κ1) is 18.2. The monoisotopic (exact) mass is 370 g/mol. The number of amides is 1. The highest BCUT2D eigenvalue weighted by Gasteiger charge is 2.27. The predicted molar refractivity (Wildman–Crippen MR) is 104 cm³/mol. The normalized spacial score (nSPS) is 13.3. The molecule has 0 aromatic heterocycles. The molecule has 0 N–H and O–H groups in total. The molecule has 1 amide bonds. The van der Waals surface area contributed by atoms with Crippen molar-refractivity contribution in [2.24, 2.45) is 0 Å². The second-order valence-corrected chi connectivity index (χ2v) is 8.30. The Bertz CT molecular complexity index is 923. The molecule has 26 heavy (non-hydrogen) atoms. The summed E-state index contributed by atoms with van der Waals surface area (Å²) in [5.74, 6) is -0.0886. The molecule has 0 saturated carbocycles. The van der Waals surface area contributed by atoms with E-state index in [2.05, 4.69) is 6.58 Å². The molecule has 2 aromatic carbocycles. The maximum absolute atomic E-state index is 13.0. The van der Waals surface area contributed by atoms with Crippen molar-refractivity contribution in [1.29, 1.82) is 0 Å². The minimum atomic E-state index is -3.29. The number of carbonyl (C=O) groups is 1. The fourth-order valence-electron chi connectivity index (χ4n) is 3.21. The lowest BCUT2D eigenvalue weighted by Gasteiger charge is -2.22. The van der Waals surface area contributed by atoms with Gasteiger partial charge in [-0.15, -0.1) is 6.58 Å². The number of hydrogen-bond donors (Lipinski definition) is 0. The quantitative estimate of drug-likeness (QED) is 0.735. The lowest BCUT2D eigenvalue weighted by molar-refractivity contribution is 0.0762. The summed E-state index contributed by atoms with van der Waals surface area (Å²) < 4.78 is 25.1. The van der Waals surface area contributed by atoms with Crippen LogP contribution in [-0.2, 0) is 23.0 Å². The van der Waals surface area contributed by atoms with Crippen molar-refractivity contribution < 1.29 is 13.2 Å². The molecule has 1 aliphatic heterocycles. The van der Waals surface area contributed by atoms with E-state index in [9.17, 15) is 13.2 Å². The highest BCUT2D eigenvalue weighted by Crippen LogP contribution is 2.31. The number of nitrogens with zero attached hydrogens (tertiary/aromatic N) is 2. The number of fused-ring (bicyclic) bond motifs is 1. The molecule has 0 bridgehead atoms. The molecule has 0 aliphatic carbocycles. The Labute approximate surface area is 154 Å². The standard InChI is InChI=1S/C20H22N2O3S/c1-3-12-21(15-16-7-5-4-6-8-16)20(23)18-9-10-19-17(14-18)11-13-22(19)26(2,24)25/h3-10,14H,1,11-13,15H2,2H3. The zero-order chi connectivity index (χ0) is 18.7. The van der Waals surface area contributed by atoms with Crippen molar-refractivity contribution in [2.75, 3.05) is 23.7 Å². The average Bonchev–Trinajstić information content (AvgIpc) is 3.05. The number of hydrogen-bond acceptors (Lipinski definition) is 3. The van der Waals surface area contributed by atoms with Gasteiger partial charge in [-0.3, -0.25) is 9.10 Å². The van der Waals surface area contributed by atoms with Gasteiger partial charge in [-0.2, -0.15) is 0 Å². The summed E-state index contributed by atoms with van der Waals surface area (Å²) in [6.45, 7) is 5.11. The summed E-state index contributed by atoms with van der Waals surface area (Å²) in [4.78, 5) is 14.7. The highest BCUT2D eigenvalue weighted by molar-refractivity contribution is 7.92. The second kappa shape index (κ2) is 7.33. The fraction of sp³-hybridized carbons (Fsp3) is 0.250. The van der Waals surface area contributed by atoms with Crippen molar-refractivity contribution >= 4 is 21.6 Å². The van der Waals surface area contributed by atoms with Gasteiger partial charge in [-0.25, -0.2) is 8.42 Å². The van der Waals surface area contributed by atoms with Crippen LogP contribution in [0.4, 0.5) is 5.69 Å². The van der Waals surface area contributed by atoms with Crippen LogP contribution < -0.4 is 4.31 Å². The van der Waals surface area contributed by atoms with E-state index < -0.39 is 10.0 Å². The number of benzene rings is 2. The van der Waals surface area contributed by atoms with Crippen LogP contribution in [0.15, 0.2) is 61.2 Å². The molecule has 0 spiro atoms. The molecule has 0 radical (unpaired) electrons. The van der Waals surface area contributed by atoms with Crippen LogP contribution in [0, 0.1) is 0 Å². The summed E-state index contributed by atoms with van der Waals surface area (Å²) in [6.07, 6.45) is 3.52. The van der Waals surface area contributed by atoms with E-state index in [1.54, 1.807) is 23.1 Å². The molecule has 5 nitrogen and oxygen atoms in total. The zero-order valence-corrected chi connectivity index (χ0v) is 15.6. The Morgan fingerprint density at radius 2 is 1.96 bits per heavy atom. The molecule has 1 aliphatic rings. The number of sulfonamides is 1. The van der Waals surface area contributed by atoms with Gasteiger partial charge in [0, 0.05) is 25.2 Å². The molecule has 6 heteroatoms. The van der Waals surface area contributed by atoms with E-state index in [4.69, 9.17) is 0 Å². The highest BCUT2D eigenvalue weighted by atomic mass is 32.2. The third kappa shape index (κ3) is 3.80. The minimum Gasteiger partial charge on any atom is -0.331 e. The van der Waals surface area contributed by atoms with Crippen molar-refractivity contribution in [2.45, 2.75) is 13.0 Å². The van der Waals surface area contributed by atoms with Gasteiger partial charge in [0.25, 0.3) is 5.91 Å². The van der Waals surface area contributed by atoms with Gasteiger partial charge in [0.2, 0.25) is 10.0 Å². The zero-order valence-electron chi connectivity index (χ0n) is 14.8. The number of rotatable bonds is 6. The van der Waals surface area contributed by atoms with Gasteiger partial charge >= 0.3 is 0 Å². The third-order valence-electron chi connectivity index (χ3n) is 4.43. The first-order chi connectivity index (χ1) is 12.4. The van der Waals surface area contributed by atoms with Gasteiger partial charge in [-0.1, -0.05) is 36.4 Å². The summed E-state index contributed by atoms with van der Waals surface area (Å²) in [6, 6.07) is 15.0. The lowest BCUT2D eigenvalue weighted by atomic mass is 10.1. The van der Waals surface area contributed by atoms with Crippen LogP contribution in [0.1, 0.15) is 21.5 Å². The average molecular weight is 370 g/mol. The van der Waals surface area contributed by atoms with Crippen LogP contribution in [0.5, 0.6) is 0 Å². The SMILES string of the molecule is C=CCN(Cc1ccccc1)C(=O)c1ccc2c(c1)CCN2S(C)(=O)=O. The first-order valence-electron chi connectivity index (χ1n) is 8.45. The Hall–Kier alpha value is -2.60.